The van der Waals surface area contributed by atoms with Crippen LogP contribution in [0.25, 0.3) is 22.6 Å². The minimum absolute atomic E-state index is 0.0819. The van der Waals surface area contributed by atoms with E-state index in [0.29, 0.717) is 33.5 Å². The number of fused-ring (bicyclic) bond motifs is 1. The maximum atomic E-state index is 12.2. The first-order valence-corrected chi connectivity index (χ1v) is 10.1. The van der Waals surface area contributed by atoms with Gasteiger partial charge in [-0.1, -0.05) is 29.3 Å². The summed E-state index contributed by atoms with van der Waals surface area (Å²) in [7, 11) is 0. The molecule has 0 unspecified atom stereocenters. The zero-order chi connectivity index (χ0) is 19.5. The molecule has 1 aromatic heterocycles. The number of thioether (sulfide) groups is 1. The van der Waals surface area contributed by atoms with Gasteiger partial charge in [-0.2, -0.15) is 0 Å². The Balaban J connectivity index is 1.44. The number of hydrogen-bond acceptors (Lipinski definition) is 4. The lowest BCUT2D eigenvalue weighted by Crippen LogP contribution is -2.13. The van der Waals surface area contributed by atoms with Gasteiger partial charge in [0.1, 0.15) is 5.52 Å². The molecule has 0 aliphatic carbocycles. The number of aromatic nitrogens is 1. The Hall–Kier alpha value is -2.76. The molecule has 0 aliphatic rings. The summed E-state index contributed by atoms with van der Waals surface area (Å²) in [5.41, 5.74) is 4.19. The van der Waals surface area contributed by atoms with Crippen LogP contribution in [-0.2, 0) is 4.79 Å². The van der Waals surface area contributed by atoms with Gasteiger partial charge in [-0.05, 0) is 61.5 Å². The Morgan fingerprint density at radius 2 is 1.82 bits per heavy atom. The Kier molecular flexibility index (Phi) is 5.37. The largest absolute Gasteiger partial charge is 0.436 e. The van der Waals surface area contributed by atoms with E-state index in [1.807, 2.05) is 73.7 Å². The third-order valence-corrected chi connectivity index (χ3v) is 5.42. The van der Waals surface area contributed by atoms with Crippen molar-refractivity contribution in [1.82, 2.24) is 4.98 Å². The first kappa shape index (κ1) is 18.6. The molecule has 3 aromatic carbocycles. The molecule has 0 atom stereocenters. The van der Waals surface area contributed by atoms with Gasteiger partial charge in [0.15, 0.2) is 5.58 Å². The molecular weight excluding hydrogens is 392 g/mol. The molecule has 1 amide bonds. The number of aryl methyl sites for hydroxylation is 1. The van der Waals surface area contributed by atoms with Crippen molar-refractivity contribution in [3.63, 3.8) is 0 Å². The van der Waals surface area contributed by atoms with Gasteiger partial charge in [-0.25, -0.2) is 4.98 Å². The van der Waals surface area contributed by atoms with Crippen LogP contribution in [0, 0.1) is 6.92 Å². The highest BCUT2D eigenvalue weighted by molar-refractivity contribution is 8.00. The fourth-order valence-electron chi connectivity index (χ4n) is 2.70. The van der Waals surface area contributed by atoms with Crippen LogP contribution in [0.1, 0.15) is 5.56 Å². The van der Waals surface area contributed by atoms with Gasteiger partial charge in [0.2, 0.25) is 11.8 Å². The van der Waals surface area contributed by atoms with E-state index in [1.165, 1.54) is 17.3 Å². The van der Waals surface area contributed by atoms with Gasteiger partial charge in [0.25, 0.3) is 0 Å². The van der Waals surface area contributed by atoms with E-state index in [2.05, 4.69) is 10.3 Å². The van der Waals surface area contributed by atoms with Crippen LogP contribution in [0.2, 0.25) is 5.02 Å². The Labute approximate surface area is 171 Å². The number of nitrogens with zero attached hydrogens (tertiary/aromatic N) is 1. The van der Waals surface area contributed by atoms with Crippen molar-refractivity contribution in [2.45, 2.75) is 11.8 Å². The van der Waals surface area contributed by atoms with Crippen LogP contribution in [0.4, 0.5) is 5.69 Å². The Morgan fingerprint density at radius 3 is 2.57 bits per heavy atom. The van der Waals surface area contributed by atoms with Gasteiger partial charge in [-0.15, -0.1) is 11.8 Å². The molecule has 28 heavy (non-hydrogen) atoms. The summed E-state index contributed by atoms with van der Waals surface area (Å²) in [5.74, 6) is 0.797. The number of carbonyl (C=O) groups is 1. The predicted molar refractivity (Wildman–Crippen MR) is 115 cm³/mol. The number of benzene rings is 3. The normalized spacial score (nSPS) is 10.9. The topological polar surface area (TPSA) is 55.1 Å². The summed E-state index contributed by atoms with van der Waals surface area (Å²) in [6.07, 6.45) is 0. The van der Waals surface area contributed by atoms with E-state index in [1.54, 1.807) is 0 Å². The molecule has 1 heterocycles. The third kappa shape index (κ3) is 4.38. The molecule has 4 aromatic rings. The molecule has 0 saturated heterocycles. The highest BCUT2D eigenvalue weighted by Crippen LogP contribution is 2.27. The number of amides is 1. The minimum atomic E-state index is -0.0819. The number of anilines is 1. The summed E-state index contributed by atoms with van der Waals surface area (Å²) in [6, 6.07) is 20.9. The van der Waals surface area contributed by atoms with Gasteiger partial charge in [0, 0.05) is 21.2 Å². The number of nitrogens with one attached hydrogen (secondary N) is 1. The molecule has 4 nitrogen and oxygen atoms in total. The molecular formula is C22H17ClN2O2S. The average Bonchev–Trinajstić information content (AvgIpc) is 3.11. The Bertz CT molecular complexity index is 1120. The summed E-state index contributed by atoms with van der Waals surface area (Å²) < 4.78 is 5.83. The fraction of sp³-hybridized carbons (Fsp3) is 0.0909. The van der Waals surface area contributed by atoms with Crippen molar-refractivity contribution < 1.29 is 9.21 Å². The zero-order valence-electron chi connectivity index (χ0n) is 15.1. The molecule has 1 N–H and O–H groups in total. The van der Waals surface area contributed by atoms with E-state index in [0.717, 1.165) is 10.5 Å². The van der Waals surface area contributed by atoms with Crippen LogP contribution < -0.4 is 5.32 Å². The lowest BCUT2D eigenvalue weighted by Gasteiger charge is -2.05. The van der Waals surface area contributed by atoms with E-state index in [-0.39, 0.29) is 5.91 Å². The molecule has 4 rings (SSSR count). The molecule has 0 bridgehead atoms. The second-order valence-corrected chi connectivity index (χ2v) is 7.84. The summed E-state index contributed by atoms with van der Waals surface area (Å²) in [6.45, 7) is 2.04. The minimum Gasteiger partial charge on any atom is -0.436 e. The first-order valence-electron chi connectivity index (χ1n) is 8.73. The maximum absolute atomic E-state index is 12.2. The number of hydrogen-bond donors (Lipinski definition) is 1. The summed E-state index contributed by atoms with van der Waals surface area (Å²) >= 11 is 7.33. The van der Waals surface area contributed by atoms with Crippen molar-refractivity contribution in [3.05, 3.63) is 77.3 Å². The van der Waals surface area contributed by atoms with Crippen molar-refractivity contribution in [1.29, 1.82) is 0 Å². The van der Waals surface area contributed by atoms with Crippen molar-refractivity contribution >= 4 is 46.1 Å². The average molecular weight is 409 g/mol. The van der Waals surface area contributed by atoms with Crippen LogP contribution in [-0.4, -0.2) is 16.6 Å². The van der Waals surface area contributed by atoms with Gasteiger partial charge in [-0.3, -0.25) is 4.79 Å². The van der Waals surface area contributed by atoms with Crippen molar-refractivity contribution in [2.75, 3.05) is 11.1 Å². The van der Waals surface area contributed by atoms with E-state index in [4.69, 9.17) is 16.0 Å². The lowest BCUT2D eigenvalue weighted by molar-refractivity contribution is -0.113. The van der Waals surface area contributed by atoms with Gasteiger partial charge in [0.05, 0.1) is 5.75 Å². The van der Waals surface area contributed by atoms with Crippen molar-refractivity contribution in [2.24, 2.45) is 0 Å². The summed E-state index contributed by atoms with van der Waals surface area (Å²) in [5, 5.41) is 3.58. The van der Waals surface area contributed by atoms with Gasteiger partial charge < -0.3 is 9.73 Å². The molecule has 0 radical (unpaired) electrons. The smallest absolute Gasteiger partial charge is 0.234 e. The Morgan fingerprint density at radius 1 is 1.07 bits per heavy atom. The molecule has 0 aliphatic heterocycles. The summed E-state index contributed by atoms with van der Waals surface area (Å²) in [4.78, 5) is 17.8. The highest BCUT2D eigenvalue weighted by atomic mass is 35.5. The second-order valence-electron chi connectivity index (χ2n) is 6.36. The third-order valence-electron chi connectivity index (χ3n) is 4.15. The van der Waals surface area contributed by atoms with Crippen molar-refractivity contribution in [3.8, 4) is 11.5 Å². The second kappa shape index (κ2) is 8.09. The number of oxazole rings is 1. The molecule has 6 heteroatoms. The standard InChI is InChI=1S/C22H17ClN2O2S/c1-14-2-4-15(5-3-14)22-25-19-12-17(8-11-20(19)27-22)24-21(26)13-28-18-9-6-16(23)7-10-18/h2-12H,13H2,1H3,(H,24,26). The molecule has 0 spiro atoms. The van der Waals surface area contributed by atoms with Crippen LogP contribution in [0.3, 0.4) is 0 Å². The molecule has 140 valence electrons. The molecule has 0 fully saturated rings. The highest BCUT2D eigenvalue weighted by Gasteiger charge is 2.10. The van der Waals surface area contributed by atoms with Crippen LogP contribution >= 0.6 is 23.4 Å². The number of halogens is 1. The van der Waals surface area contributed by atoms with E-state index < -0.39 is 0 Å². The van der Waals surface area contributed by atoms with E-state index in [9.17, 15) is 4.79 Å². The molecule has 0 saturated carbocycles. The van der Waals surface area contributed by atoms with Crippen LogP contribution in [0.15, 0.2) is 76.0 Å². The number of rotatable bonds is 5. The van der Waals surface area contributed by atoms with Crippen LogP contribution in [0.5, 0.6) is 0 Å². The van der Waals surface area contributed by atoms with Gasteiger partial charge >= 0.3 is 0 Å². The number of carbonyl (C=O) groups excluding carboxylic acids is 1. The monoisotopic (exact) mass is 408 g/mol. The van der Waals surface area contributed by atoms with E-state index >= 15 is 0 Å². The zero-order valence-corrected chi connectivity index (χ0v) is 16.7. The quantitative estimate of drug-likeness (QED) is 0.400. The maximum Gasteiger partial charge on any atom is 0.234 e. The first-order chi connectivity index (χ1) is 13.6. The fourth-order valence-corrected chi connectivity index (χ4v) is 3.53. The SMILES string of the molecule is Cc1ccc(-c2nc3cc(NC(=O)CSc4ccc(Cl)cc4)ccc3o2)cc1. The lowest BCUT2D eigenvalue weighted by atomic mass is 10.1. The predicted octanol–water partition coefficient (Wildman–Crippen LogP) is 6.19.